The fourth-order valence-corrected chi connectivity index (χ4v) is 3.61. The second-order valence-corrected chi connectivity index (χ2v) is 6.00. The van der Waals surface area contributed by atoms with E-state index in [-0.39, 0.29) is 0 Å². The van der Waals surface area contributed by atoms with Gasteiger partial charge in [-0.3, -0.25) is 0 Å². The van der Waals surface area contributed by atoms with Crippen molar-refractivity contribution in [2.75, 3.05) is 14.2 Å². The van der Waals surface area contributed by atoms with Crippen molar-refractivity contribution in [3.63, 3.8) is 0 Å². The molecule has 0 fully saturated rings. The summed E-state index contributed by atoms with van der Waals surface area (Å²) in [6.07, 6.45) is 0. The molecule has 0 heterocycles. The molecule has 0 saturated carbocycles. The lowest BCUT2D eigenvalue weighted by Crippen LogP contribution is -1.94. The Morgan fingerprint density at radius 2 is 1.61 bits per heavy atom. The van der Waals surface area contributed by atoms with Crippen molar-refractivity contribution in [3.05, 3.63) is 43.5 Å². The van der Waals surface area contributed by atoms with E-state index in [9.17, 15) is 0 Å². The fourth-order valence-electron chi connectivity index (χ4n) is 1.74. The van der Waals surface area contributed by atoms with Crippen LogP contribution in [-0.2, 0) is 0 Å². The summed E-state index contributed by atoms with van der Waals surface area (Å²) in [6, 6.07) is 13.0. The van der Waals surface area contributed by atoms with Gasteiger partial charge in [-0.2, -0.15) is 0 Å². The molecule has 0 aliphatic carbocycles. The van der Waals surface area contributed by atoms with Gasteiger partial charge in [0, 0.05) is 12.7 Å². The maximum atomic E-state index is 5.41. The molecule has 0 N–H and O–H groups in total. The molecule has 18 heavy (non-hydrogen) atoms. The van der Waals surface area contributed by atoms with Gasteiger partial charge < -0.3 is 9.47 Å². The number of ether oxygens (including phenoxy) is 2. The zero-order valence-corrected chi connectivity index (χ0v) is 14.3. The number of rotatable bonds is 3. The van der Waals surface area contributed by atoms with Crippen molar-refractivity contribution in [1.29, 1.82) is 0 Å². The first-order chi connectivity index (χ1) is 8.67. The lowest BCUT2D eigenvalue weighted by atomic mass is 10.0. The van der Waals surface area contributed by atoms with Crippen molar-refractivity contribution in [3.8, 4) is 22.6 Å². The molecule has 2 aromatic rings. The van der Waals surface area contributed by atoms with E-state index in [4.69, 9.17) is 9.47 Å². The molecule has 0 saturated heterocycles. The van der Waals surface area contributed by atoms with E-state index in [0.29, 0.717) is 0 Å². The van der Waals surface area contributed by atoms with Gasteiger partial charge in [-0.15, -0.1) is 0 Å². The van der Waals surface area contributed by atoms with E-state index in [1.807, 2.05) is 12.1 Å². The van der Waals surface area contributed by atoms with Crippen molar-refractivity contribution >= 4 is 45.2 Å². The Balaban J connectivity index is 2.68. The van der Waals surface area contributed by atoms with E-state index in [1.165, 1.54) is 7.14 Å². The number of benzene rings is 2. The molecule has 93 valence electrons. The van der Waals surface area contributed by atoms with Gasteiger partial charge in [0.1, 0.15) is 11.5 Å². The first-order valence-corrected chi connectivity index (χ1v) is 7.40. The summed E-state index contributed by atoms with van der Waals surface area (Å²) in [6.45, 7) is 0. The van der Waals surface area contributed by atoms with Crippen molar-refractivity contribution in [2.24, 2.45) is 0 Å². The van der Waals surface area contributed by atoms with Gasteiger partial charge in [0.25, 0.3) is 0 Å². The minimum absolute atomic E-state index is 0.772. The Kier molecular flexibility index (Phi) is 4.71. The molecule has 0 atom stereocenters. The van der Waals surface area contributed by atoms with Crippen LogP contribution in [0.25, 0.3) is 11.1 Å². The normalized spacial score (nSPS) is 10.2. The number of hydrogen-bond donors (Lipinski definition) is 0. The largest absolute Gasteiger partial charge is 0.496 e. The molecule has 0 aliphatic rings. The lowest BCUT2D eigenvalue weighted by Gasteiger charge is -2.14. The molecule has 2 nitrogen and oxygen atoms in total. The van der Waals surface area contributed by atoms with Gasteiger partial charge >= 0.3 is 0 Å². The highest BCUT2D eigenvalue weighted by Crippen LogP contribution is 2.40. The summed E-state index contributed by atoms with van der Waals surface area (Å²) in [5, 5.41) is 0. The zero-order valence-electron chi connectivity index (χ0n) is 9.96. The average molecular weight is 465 g/mol. The van der Waals surface area contributed by atoms with Gasteiger partial charge in [-0.1, -0.05) is 6.07 Å². The lowest BCUT2D eigenvalue weighted by molar-refractivity contribution is 0.397. The smallest absolute Gasteiger partial charge is 0.131 e. The van der Waals surface area contributed by atoms with E-state index in [2.05, 4.69) is 69.4 Å². The molecular formula is C14H11I2O2. The number of halogens is 2. The van der Waals surface area contributed by atoms with Crippen molar-refractivity contribution in [1.82, 2.24) is 0 Å². The van der Waals surface area contributed by atoms with Crippen molar-refractivity contribution < 1.29 is 9.47 Å². The minimum atomic E-state index is 0.772. The predicted molar refractivity (Wildman–Crippen MR) is 89.3 cm³/mol. The van der Waals surface area contributed by atoms with Crippen LogP contribution in [-0.4, -0.2) is 14.2 Å². The van der Waals surface area contributed by atoms with Gasteiger partial charge in [0.15, 0.2) is 0 Å². The van der Waals surface area contributed by atoms with E-state index >= 15 is 0 Å². The second-order valence-electron chi connectivity index (χ2n) is 3.59. The van der Waals surface area contributed by atoms with Crippen LogP contribution in [0, 0.1) is 13.2 Å². The standard InChI is InChI=1S/C14H11I2O2/c1-17-12-4-3-5-13(18-2)14(12)10-7-6-9(15)8-11(10)16/h4-8H,1-2H3. The molecule has 0 unspecified atom stereocenters. The maximum absolute atomic E-state index is 5.41. The molecule has 0 bridgehead atoms. The minimum Gasteiger partial charge on any atom is -0.496 e. The molecule has 0 aromatic heterocycles. The third-order valence-electron chi connectivity index (χ3n) is 2.56. The summed E-state index contributed by atoms with van der Waals surface area (Å²) in [7, 11) is 3.32. The van der Waals surface area contributed by atoms with Crippen LogP contribution in [0.5, 0.6) is 11.5 Å². The van der Waals surface area contributed by atoms with Gasteiger partial charge in [0.2, 0.25) is 0 Å². The quantitative estimate of drug-likeness (QED) is 0.627. The summed E-state index contributed by atoms with van der Waals surface area (Å²) < 4.78 is 13.2. The summed E-state index contributed by atoms with van der Waals surface area (Å²) in [5.41, 5.74) is 2.08. The Labute approximate surface area is 134 Å². The Morgan fingerprint density at radius 3 is 2.11 bits per heavy atom. The van der Waals surface area contributed by atoms with Crippen LogP contribution in [0.15, 0.2) is 30.3 Å². The van der Waals surface area contributed by atoms with Crippen LogP contribution in [0.4, 0.5) is 0 Å². The Bertz CT molecular complexity index is 545. The van der Waals surface area contributed by atoms with Crippen molar-refractivity contribution in [2.45, 2.75) is 0 Å². The Hall–Kier alpha value is -0.500. The monoisotopic (exact) mass is 465 g/mol. The van der Waals surface area contributed by atoms with Gasteiger partial charge in [-0.25, -0.2) is 0 Å². The van der Waals surface area contributed by atoms with Crippen LogP contribution >= 0.6 is 45.2 Å². The molecule has 0 amide bonds. The highest BCUT2D eigenvalue weighted by Gasteiger charge is 2.14. The third-order valence-corrected chi connectivity index (χ3v) is 4.13. The predicted octanol–water partition coefficient (Wildman–Crippen LogP) is 4.38. The van der Waals surface area contributed by atoms with Gasteiger partial charge in [0.05, 0.1) is 19.8 Å². The van der Waals surface area contributed by atoms with Gasteiger partial charge in [-0.05, 0) is 75.5 Å². The molecule has 2 rings (SSSR count). The molecule has 0 aliphatic heterocycles. The van der Waals surface area contributed by atoms with Crippen LogP contribution < -0.4 is 9.47 Å². The molecular weight excluding hydrogens is 454 g/mol. The molecule has 2 aromatic carbocycles. The molecule has 1 radical (unpaired) electrons. The Morgan fingerprint density at radius 1 is 1.00 bits per heavy atom. The summed E-state index contributed by atoms with van der Waals surface area (Å²) >= 11 is 4.63. The first-order valence-electron chi connectivity index (χ1n) is 5.25. The van der Waals surface area contributed by atoms with Crippen LogP contribution in [0.3, 0.4) is 0 Å². The fraction of sp³-hybridized carbons (Fsp3) is 0.143. The number of methoxy groups -OCH3 is 2. The van der Waals surface area contributed by atoms with E-state index < -0.39 is 0 Å². The highest BCUT2D eigenvalue weighted by molar-refractivity contribution is 14.1. The highest BCUT2D eigenvalue weighted by atomic mass is 127. The first kappa shape index (κ1) is 13.9. The summed E-state index contributed by atoms with van der Waals surface area (Å²) in [4.78, 5) is 0. The second kappa shape index (κ2) is 6.10. The molecule has 4 heteroatoms. The number of hydrogen-bond acceptors (Lipinski definition) is 2. The third kappa shape index (κ3) is 2.74. The summed E-state index contributed by atoms with van der Waals surface area (Å²) in [5.74, 6) is 1.54. The average Bonchev–Trinajstić information content (AvgIpc) is 2.38. The topological polar surface area (TPSA) is 18.5 Å². The molecule has 0 spiro atoms. The van der Waals surface area contributed by atoms with Crippen LogP contribution in [0.2, 0.25) is 0 Å². The SMILES string of the molecule is COc1c[c]cc(OC)c1-c1ccc(I)cc1I. The van der Waals surface area contributed by atoms with E-state index in [0.717, 1.165) is 22.6 Å². The zero-order chi connectivity index (χ0) is 13.1. The van der Waals surface area contributed by atoms with Crippen LogP contribution in [0.1, 0.15) is 0 Å². The van der Waals surface area contributed by atoms with E-state index in [1.54, 1.807) is 14.2 Å². The maximum Gasteiger partial charge on any atom is 0.131 e.